The normalized spacial score (nSPS) is 31.9. The molecule has 0 aliphatic carbocycles. The molecule has 6 N–H and O–H groups in total. The highest BCUT2D eigenvalue weighted by molar-refractivity contribution is 6.40. The lowest BCUT2D eigenvalue weighted by atomic mass is 9.71. The van der Waals surface area contributed by atoms with Gasteiger partial charge in [-0.1, -0.05) is 13.0 Å². The number of carbonyl (C=O) groups excluding carboxylic acids is 1. The number of likely N-dealkylation sites (tertiary alicyclic amines) is 1. The molecule has 2 saturated heterocycles. The molecule has 2 rings (SSSR count). The monoisotopic (exact) mass is 311 g/mol. The zero-order valence-corrected chi connectivity index (χ0v) is 13.0. The van der Waals surface area contributed by atoms with Crippen molar-refractivity contribution in [3.05, 3.63) is 12.3 Å². The molecule has 0 saturated carbocycles. The average Bonchev–Trinajstić information content (AvgIpc) is 2.67. The minimum absolute atomic E-state index is 0.000185. The highest BCUT2D eigenvalue weighted by Crippen LogP contribution is 2.44. The van der Waals surface area contributed by atoms with Gasteiger partial charge < -0.3 is 31.1 Å². The zero-order chi connectivity index (χ0) is 16.5. The van der Waals surface area contributed by atoms with Gasteiger partial charge in [-0.3, -0.25) is 4.79 Å². The highest BCUT2D eigenvalue weighted by atomic mass is 16.4. The number of carbonyl (C=O) groups is 1. The molecule has 7 nitrogen and oxygen atoms in total. The first-order chi connectivity index (χ1) is 10.3. The van der Waals surface area contributed by atoms with Gasteiger partial charge in [-0.2, -0.15) is 0 Å². The Labute approximate surface area is 131 Å². The maximum Gasteiger partial charge on any atom is 0.451 e. The summed E-state index contributed by atoms with van der Waals surface area (Å²) in [6, 6.07) is -0.600. The Kier molecular flexibility index (Phi) is 5.16. The Morgan fingerprint density at radius 3 is 2.82 bits per heavy atom. The van der Waals surface area contributed by atoms with Gasteiger partial charge in [0, 0.05) is 25.0 Å². The minimum Gasteiger partial charge on any atom is -0.511 e. The summed E-state index contributed by atoms with van der Waals surface area (Å²) < 4.78 is 0. The van der Waals surface area contributed by atoms with Crippen LogP contribution < -0.4 is 11.1 Å². The molecule has 8 heteroatoms. The first-order valence-corrected chi connectivity index (χ1v) is 7.85. The quantitative estimate of drug-likeness (QED) is 0.324. The summed E-state index contributed by atoms with van der Waals surface area (Å²) in [5.41, 5.74) is 5.15. The summed E-state index contributed by atoms with van der Waals surface area (Å²) in [5.74, 6) is 0.00990. The van der Waals surface area contributed by atoms with E-state index in [0.29, 0.717) is 32.4 Å². The van der Waals surface area contributed by atoms with Crippen molar-refractivity contribution in [3.8, 4) is 0 Å². The first kappa shape index (κ1) is 17.3. The maximum atomic E-state index is 12.3. The van der Waals surface area contributed by atoms with Crippen LogP contribution in [0, 0.1) is 5.92 Å². The van der Waals surface area contributed by atoms with Crippen LogP contribution in [0.5, 0.6) is 0 Å². The van der Waals surface area contributed by atoms with Crippen molar-refractivity contribution in [3.63, 3.8) is 0 Å². The smallest absolute Gasteiger partial charge is 0.451 e. The molecule has 1 amide bonds. The van der Waals surface area contributed by atoms with Crippen LogP contribution in [0.1, 0.15) is 26.2 Å². The highest BCUT2D eigenvalue weighted by Gasteiger charge is 2.56. The second kappa shape index (κ2) is 6.58. The van der Waals surface area contributed by atoms with Gasteiger partial charge in [0.05, 0.1) is 11.6 Å². The van der Waals surface area contributed by atoms with Crippen molar-refractivity contribution in [2.24, 2.45) is 11.7 Å². The Morgan fingerprint density at radius 2 is 2.27 bits per heavy atom. The molecule has 4 atom stereocenters. The van der Waals surface area contributed by atoms with Gasteiger partial charge >= 0.3 is 7.12 Å². The van der Waals surface area contributed by atoms with Crippen LogP contribution in [0.2, 0.25) is 6.32 Å². The van der Waals surface area contributed by atoms with Gasteiger partial charge in [-0.15, -0.1) is 0 Å². The van der Waals surface area contributed by atoms with Crippen LogP contribution in [-0.4, -0.2) is 63.8 Å². The number of nitrogens with zero attached hydrogens (tertiary/aromatic N) is 1. The molecular weight excluding hydrogens is 285 g/mol. The molecule has 22 heavy (non-hydrogen) atoms. The van der Waals surface area contributed by atoms with E-state index < -0.39 is 18.7 Å². The third-order valence-electron chi connectivity index (χ3n) is 5.04. The summed E-state index contributed by atoms with van der Waals surface area (Å²) >= 11 is 0. The van der Waals surface area contributed by atoms with E-state index in [0.717, 1.165) is 0 Å². The number of aliphatic hydroxyl groups is 1. The lowest BCUT2D eigenvalue weighted by Gasteiger charge is -2.45. The van der Waals surface area contributed by atoms with E-state index in [-0.39, 0.29) is 29.9 Å². The average molecular weight is 311 g/mol. The Morgan fingerprint density at radius 1 is 1.59 bits per heavy atom. The molecule has 0 aromatic carbocycles. The van der Waals surface area contributed by atoms with Crippen LogP contribution in [0.15, 0.2) is 12.3 Å². The Balaban J connectivity index is 2.17. The number of nitrogens with one attached hydrogen (secondary N) is 1. The van der Waals surface area contributed by atoms with Crippen molar-refractivity contribution >= 4 is 13.0 Å². The first-order valence-electron chi connectivity index (χ1n) is 7.85. The van der Waals surface area contributed by atoms with Crippen LogP contribution in [-0.2, 0) is 4.79 Å². The van der Waals surface area contributed by atoms with Gasteiger partial charge in [-0.25, -0.2) is 0 Å². The van der Waals surface area contributed by atoms with Crippen molar-refractivity contribution < 1.29 is 19.9 Å². The van der Waals surface area contributed by atoms with E-state index in [1.165, 1.54) is 0 Å². The van der Waals surface area contributed by atoms with E-state index in [2.05, 4.69) is 11.9 Å². The minimum atomic E-state index is -1.33. The van der Waals surface area contributed by atoms with Gasteiger partial charge in [0.2, 0.25) is 5.91 Å². The number of hydrogen-bond acceptors (Lipinski definition) is 6. The van der Waals surface area contributed by atoms with E-state index in [4.69, 9.17) is 15.8 Å². The fraction of sp³-hybridized carbons (Fsp3) is 0.786. The largest absolute Gasteiger partial charge is 0.511 e. The predicted octanol–water partition coefficient (Wildman–Crippen LogP) is -0.783. The van der Waals surface area contributed by atoms with E-state index in [1.807, 2.05) is 0 Å². The van der Waals surface area contributed by atoms with Crippen molar-refractivity contribution in [2.75, 3.05) is 13.1 Å². The molecular formula is C14H26BN3O4. The molecule has 0 aromatic heterocycles. The molecule has 0 aromatic rings. The number of nitrogens with two attached hydrogens (primary N) is 1. The van der Waals surface area contributed by atoms with Gasteiger partial charge in [0.1, 0.15) is 5.76 Å². The van der Waals surface area contributed by atoms with E-state index in [9.17, 15) is 9.90 Å². The zero-order valence-electron chi connectivity index (χ0n) is 13.0. The summed E-state index contributed by atoms with van der Waals surface area (Å²) in [7, 11) is -1.33. The molecule has 2 aliphatic rings. The molecule has 2 fully saturated rings. The molecule has 0 spiro atoms. The Bertz CT molecular complexity index is 446. The topological polar surface area (TPSA) is 119 Å². The number of hydrogen-bond donors (Lipinski definition) is 5. The van der Waals surface area contributed by atoms with Gasteiger partial charge in [-0.05, 0) is 26.1 Å². The second-order valence-electron chi connectivity index (χ2n) is 6.45. The fourth-order valence-corrected chi connectivity index (χ4v) is 3.91. The molecule has 0 unspecified atom stereocenters. The SMILES string of the molecule is C=C(O)[C@]12CCN(C(=O)[C@H](C)N)[C@@H](CN1)[C@H]2CCCB(O)O. The lowest BCUT2D eigenvalue weighted by molar-refractivity contribution is -0.137. The van der Waals surface area contributed by atoms with Crippen LogP contribution in [0.4, 0.5) is 0 Å². The number of aliphatic hydroxyl groups excluding tert-OH is 1. The number of rotatable bonds is 6. The summed E-state index contributed by atoms with van der Waals surface area (Å²) in [4.78, 5) is 14.1. The van der Waals surface area contributed by atoms with Crippen LogP contribution in [0.3, 0.4) is 0 Å². The van der Waals surface area contributed by atoms with Crippen molar-refractivity contribution in [1.29, 1.82) is 0 Å². The molecule has 124 valence electrons. The Hall–Kier alpha value is -1.09. The van der Waals surface area contributed by atoms with Crippen LogP contribution >= 0.6 is 0 Å². The summed E-state index contributed by atoms with van der Waals surface area (Å²) in [5, 5.41) is 31.4. The van der Waals surface area contributed by atoms with Gasteiger partial charge in [0.15, 0.2) is 0 Å². The number of amides is 1. The maximum absolute atomic E-state index is 12.3. The van der Waals surface area contributed by atoms with Crippen molar-refractivity contribution in [1.82, 2.24) is 10.2 Å². The van der Waals surface area contributed by atoms with E-state index >= 15 is 0 Å². The number of fused-ring (bicyclic) bond motifs is 2. The van der Waals surface area contributed by atoms with E-state index in [1.54, 1.807) is 11.8 Å². The summed E-state index contributed by atoms with van der Waals surface area (Å²) in [6.07, 6.45) is 2.15. The third kappa shape index (κ3) is 3.01. The predicted molar refractivity (Wildman–Crippen MR) is 84.0 cm³/mol. The van der Waals surface area contributed by atoms with Crippen LogP contribution in [0.25, 0.3) is 0 Å². The molecule has 2 heterocycles. The van der Waals surface area contributed by atoms with Gasteiger partial charge in [0.25, 0.3) is 0 Å². The third-order valence-corrected chi connectivity index (χ3v) is 5.04. The number of piperidine rings is 1. The molecule has 2 aliphatic heterocycles. The lowest BCUT2D eigenvalue weighted by Crippen LogP contribution is -2.58. The molecule has 2 bridgehead atoms. The summed E-state index contributed by atoms with van der Waals surface area (Å²) in [6.45, 7) is 6.51. The second-order valence-corrected chi connectivity index (χ2v) is 6.45. The fourth-order valence-electron chi connectivity index (χ4n) is 3.91. The standard InChI is InChI=1S/C14H26BN3O4/c1-9(16)13(20)18-7-5-14(10(2)19)11(12(18)8-17-14)4-3-6-15(21)22/h9,11-12,17,19,21-22H,2-8,16H2,1H3/t9-,11+,12-,14-/m0/s1. The molecule has 0 radical (unpaired) electrons. The van der Waals surface area contributed by atoms with Crippen molar-refractivity contribution in [2.45, 2.75) is 50.1 Å².